The van der Waals surface area contributed by atoms with Crippen molar-refractivity contribution in [1.82, 2.24) is 20.2 Å². The molecule has 12 heteroatoms. The maximum Gasteiger partial charge on any atom is 0.308 e. The van der Waals surface area contributed by atoms with Gasteiger partial charge in [0.15, 0.2) is 6.10 Å². The molecule has 0 bridgehead atoms. The molecule has 2 aromatic rings. The molecule has 0 spiro atoms. The summed E-state index contributed by atoms with van der Waals surface area (Å²) in [6, 6.07) is -0.536. The fraction of sp³-hybridized carbons (Fsp3) is 0.655. The Balaban J connectivity index is 1.75. The molecule has 226 valence electrons. The topological polar surface area (TPSA) is 128 Å². The number of rotatable bonds is 15. The van der Waals surface area contributed by atoms with Crippen molar-refractivity contribution >= 4 is 46.4 Å². The van der Waals surface area contributed by atoms with Crippen LogP contribution in [0.15, 0.2) is 10.8 Å². The zero-order valence-corrected chi connectivity index (χ0v) is 26.6. The average Bonchev–Trinajstić information content (AvgIpc) is 3.40. The van der Waals surface area contributed by atoms with Gasteiger partial charge in [0.05, 0.1) is 18.0 Å². The normalized spacial score (nSPS) is 16.0. The number of nitrogens with one attached hydrogen (secondary N) is 1. The molecular formula is C29H42N4O6S2. The van der Waals surface area contributed by atoms with Gasteiger partial charge in [-0.25, -0.2) is 9.97 Å². The maximum absolute atomic E-state index is 13.3. The van der Waals surface area contributed by atoms with Gasteiger partial charge in [0.2, 0.25) is 5.91 Å². The molecule has 2 aromatic heterocycles. The van der Waals surface area contributed by atoms with E-state index < -0.39 is 18.0 Å². The second-order valence-electron chi connectivity index (χ2n) is 11.3. The molecule has 1 saturated carbocycles. The average molecular weight is 607 g/mol. The van der Waals surface area contributed by atoms with Crippen LogP contribution in [0, 0.1) is 24.7 Å². The Morgan fingerprint density at radius 1 is 1.10 bits per heavy atom. The van der Waals surface area contributed by atoms with Crippen LogP contribution in [0.5, 0.6) is 0 Å². The van der Waals surface area contributed by atoms with Crippen molar-refractivity contribution in [3.8, 4) is 0 Å². The lowest BCUT2D eigenvalue weighted by molar-refractivity contribution is -0.148. The molecule has 1 fully saturated rings. The van der Waals surface area contributed by atoms with Crippen LogP contribution in [0.2, 0.25) is 0 Å². The summed E-state index contributed by atoms with van der Waals surface area (Å²) in [4.78, 5) is 61.1. The Morgan fingerprint density at radius 2 is 1.80 bits per heavy atom. The minimum Gasteiger partial charge on any atom is -0.469 e. The predicted octanol–water partition coefficient (Wildman–Crippen LogP) is 4.73. The van der Waals surface area contributed by atoms with Crippen molar-refractivity contribution in [3.05, 3.63) is 32.2 Å². The second-order valence-corrected chi connectivity index (χ2v) is 13.1. The molecule has 3 rings (SSSR count). The Hall–Kier alpha value is -2.86. The quantitative estimate of drug-likeness (QED) is 0.289. The van der Waals surface area contributed by atoms with Crippen LogP contribution in [-0.2, 0) is 30.3 Å². The third-order valence-electron chi connectivity index (χ3n) is 7.28. The van der Waals surface area contributed by atoms with Crippen LogP contribution in [0.1, 0.15) is 92.1 Å². The number of ether oxygens (including phenoxy) is 2. The first-order valence-electron chi connectivity index (χ1n) is 14.1. The second kappa shape index (κ2) is 14.9. The van der Waals surface area contributed by atoms with Gasteiger partial charge in [-0.2, -0.15) is 0 Å². The van der Waals surface area contributed by atoms with E-state index in [-0.39, 0.29) is 41.5 Å². The number of thiazole rings is 2. The molecule has 0 aliphatic heterocycles. The zero-order valence-electron chi connectivity index (χ0n) is 25.0. The summed E-state index contributed by atoms with van der Waals surface area (Å²) in [6.45, 7) is 9.09. The van der Waals surface area contributed by atoms with Gasteiger partial charge >= 0.3 is 11.9 Å². The van der Waals surface area contributed by atoms with Crippen LogP contribution in [-0.4, -0.2) is 64.9 Å². The fourth-order valence-corrected chi connectivity index (χ4v) is 6.51. The third kappa shape index (κ3) is 9.88. The number of hydrogen-bond donors (Lipinski definition) is 1. The summed E-state index contributed by atoms with van der Waals surface area (Å²) < 4.78 is 10.5. The van der Waals surface area contributed by atoms with Gasteiger partial charge in [0, 0.05) is 61.8 Å². The molecule has 1 aliphatic carbocycles. The summed E-state index contributed by atoms with van der Waals surface area (Å²) in [5.74, 6) is -0.923. The Labute approximate surface area is 250 Å². The number of nitrogens with zero attached hydrogens (tertiary/aromatic N) is 3. The van der Waals surface area contributed by atoms with Gasteiger partial charge < -0.3 is 19.7 Å². The smallest absolute Gasteiger partial charge is 0.308 e. The van der Waals surface area contributed by atoms with E-state index in [9.17, 15) is 19.2 Å². The van der Waals surface area contributed by atoms with Crippen molar-refractivity contribution in [3.63, 3.8) is 0 Å². The van der Waals surface area contributed by atoms with Crippen LogP contribution in [0.4, 0.5) is 0 Å². The highest BCUT2D eigenvalue weighted by atomic mass is 32.1. The molecule has 0 aromatic carbocycles. The lowest BCUT2D eigenvalue weighted by Gasteiger charge is -2.33. The van der Waals surface area contributed by atoms with Gasteiger partial charge in [0.1, 0.15) is 10.7 Å². The number of hydrogen-bond acceptors (Lipinski definition) is 10. The molecule has 41 heavy (non-hydrogen) atoms. The minimum atomic E-state index is -0.698. The number of carbonyl (C=O) groups excluding carboxylic acids is 4. The Morgan fingerprint density at radius 3 is 2.37 bits per heavy atom. The van der Waals surface area contributed by atoms with Crippen LogP contribution in [0.25, 0.3) is 0 Å². The van der Waals surface area contributed by atoms with E-state index in [1.807, 2.05) is 26.2 Å². The number of methoxy groups -OCH3 is 1. The summed E-state index contributed by atoms with van der Waals surface area (Å²) in [5, 5.41) is 7.95. The van der Waals surface area contributed by atoms with Gasteiger partial charge in [-0.1, -0.05) is 20.8 Å². The molecule has 2 amide bonds. The molecular weight excluding hydrogens is 564 g/mol. The molecule has 4 atom stereocenters. The van der Waals surface area contributed by atoms with Gasteiger partial charge in [-0.15, -0.1) is 22.7 Å². The van der Waals surface area contributed by atoms with Crippen LogP contribution >= 0.6 is 22.7 Å². The van der Waals surface area contributed by atoms with Crippen LogP contribution < -0.4 is 5.32 Å². The van der Waals surface area contributed by atoms with Crippen molar-refractivity contribution < 1.29 is 28.7 Å². The Kier molecular flexibility index (Phi) is 11.8. The zero-order chi connectivity index (χ0) is 30.3. The first-order valence-corrected chi connectivity index (χ1v) is 15.8. The van der Waals surface area contributed by atoms with E-state index in [1.165, 1.54) is 36.7 Å². The lowest BCUT2D eigenvalue weighted by Crippen LogP contribution is -2.42. The molecule has 1 aliphatic rings. The van der Waals surface area contributed by atoms with E-state index in [0.717, 1.165) is 23.5 Å². The maximum atomic E-state index is 13.3. The van der Waals surface area contributed by atoms with E-state index in [0.29, 0.717) is 36.6 Å². The van der Waals surface area contributed by atoms with Crippen molar-refractivity contribution in [1.29, 1.82) is 0 Å². The van der Waals surface area contributed by atoms with Gasteiger partial charge in [0.25, 0.3) is 5.91 Å². The summed E-state index contributed by atoms with van der Waals surface area (Å²) in [6.07, 6.45) is 3.25. The van der Waals surface area contributed by atoms with Crippen LogP contribution in [0.3, 0.4) is 0 Å². The lowest BCUT2D eigenvalue weighted by atomic mass is 9.96. The first kappa shape index (κ1) is 32.7. The molecule has 1 N–H and O–H groups in total. The minimum absolute atomic E-state index is 0.0922. The highest BCUT2D eigenvalue weighted by Gasteiger charge is 2.33. The van der Waals surface area contributed by atoms with Gasteiger partial charge in [-0.3, -0.25) is 19.2 Å². The van der Waals surface area contributed by atoms with E-state index in [2.05, 4.69) is 15.3 Å². The van der Waals surface area contributed by atoms with Gasteiger partial charge in [-0.05, 0) is 38.0 Å². The summed E-state index contributed by atoms with van der Waals surface area (Å²) in [7, 11) is 3.15. The highest BCUT2D eigenvalue weighted by molar-refractivity contribution is 7.10. The molecule has 10 nitrogen and oxygen atoms in total. The molecule has 0 radical (unpaired) electrons. The summed E-state index contributed by atoms with van der Waals surface area (Å²) >= 11 is 2.75. The molecule has 2 heterocycles. The highest BCUT2D eigenvalue weighted by Crippen LogP contribution is 2.35. The molecule has 1 unspecified atom stereocenters. The fourth-order valence-electron chi connectivity index (χ4n) is 4.82. The first-order chi connectivity index (χ1) is 19.4. The SMILES string of the molecule is COC(=O)[C@@H](C)C[C@H](Cc1nc(C)cs1)NC(=O)c1csc([C@@H](CC(C(C)C)N(C)C(=O)CC2CC2)OC(C)=O)n1. The largest absolute Gasteiger partial charge is 0.469 e. The number of aryl methyl sites for hydroxylation is 1. The predicted molar refractivity (Wildman–Crippen MR) is 158 cm³/mol. The van der Waals surface area contributed by atoms with E-state index in [4.69, 9.17) is 9.47 Å². The third-order valence-corrected chi connectivity index (χ3v) is 9.20. The van der Waals surface area contributed by atoms with E-state index in [1.54, 1.807) is 24.3 Å². The van der Waals surface area contributed by atoms with Crippen molar-refractivity contribution in [2.45, 2.75) is 91.3 Å². The Bertz CT molecular complexity index is 1210. The van der Waals surface area contributed by atoms with E-state index >= 15 is 0 Å². The number of aromatic nitrogens is 2. The number of esters is 2. The monoisotopic (exact) mass is 606 g/mol. The number of amides is 2. The van der Waals surface area contributed by atoms with Crippen molar-refractivity contribution in [2.75, 3.05) is 14.2 Å². The number of carbonyl (C=O) groups is 4. The molecule has 0 saturated heterocycles. The van der Waals surface area contributed by atoms with Crippen molar-refractivity contribution in [2.24, 2.45) is 17.8 Å². The summed E-state index contributed by atoms with van der Waals surface area (Å²) in [5.41, 5.74) is 1.10. The standard InChI is InChI=1S/C29H42N4O6S2/c1-16(2)23(33(6)26(35)11-20-8-9-20)13-24(39-19(5)34)28-32-22(15-41-28)27(36)31-21(10-17(3)29(37)38-7)12-25-30-18(4)14-40-25/h14-17,20-21,23-24H,8-13H2,1-7H3,(H,31,36)/t17-,21+,23?,24+/m0/s1.